The summed E-state index contributed by atoms with van der Waals surface area (Å²) in [6.07, 6.45) is 0. The summed E-state index contributed by atoms with van der Waals surface area (Å²) in [7, 11) is 3.10. The highest BCUT2D eigenvalue weighted by atomic mass is 16.5. The summed E-state index contributed by atoms with van der Waals surface area (Å²) in [6, 6.07) is 12.1. The molecule has 0 heterocycles. The Morgan fingerprint density at radius 3 is 2.62 bits per heavy atom. The van der Waals surface area contributed by atoms with Crippen LogP contribution in [0.2, 0.25) is 0 Å². The van der Waals surface area contributed by atoms with Gasteiger partial charge in [0.25, 0.3) is 11.8 Å². The maximum absolute atomic E-state index is 12.1. The standard InChI is InChI=1S/C18H20N2O4/c1-12-7-8-16(23-3)15(9-12)20-17(21)11-24-14-6-4-5-13(10-14)18(22)19-2/h4-10H,11H2,1-3H3,(H,19,22)(H,20,21). The number of aryl methyl sites for hydroxylation is 1. The summed E-state index contributed by atoms with van der Waals surface area (Å²) in [5, 5.41) is 5.29. The summed E-state index contributed by atoms with van der Waals surface area (Å²) in [5.74, 6) is 0.497. The molecular formula is C18H20N2O4. The van der Waals surface area contributed by atoms with Crippen LogP contribution < -0.4 is 20.1 Å². The second-order valence-corrected chi connectivity index (χ2v) is 5.15. The van der Waals surface area contributed by atoms with Crippen LogP contribution in [0.4, 0.5) is 5.69 Å². The number of carbonyl (C=O) groups excluding carboxylic acids is 2. The van der Waals surface area contributed by atoms with Crippen LogP contribution in [-0.2, 0) is 4.79 Å². The minimum Gasteiger partial charge on any atom is -0.495 e. The Bertz CT molecular complexity index is 744. The van der Waals surface area contributed by atoms with Crippen LogP contribution in [0.15, 0.2) is 42.5 Å². The fourth-order valence-electron chi connectivity index (χ4n) is 2.13. The molecule has 0 aliphatic rings. The highest BCUT2D eigenvalue weighted by Crippen LogP contribution is 2.25. The van der Waals surface area contributed by atoms with E-state index in [1.165, 1.54) is 0 Å². The van der Waals surface area contributed by atoms with E-state index < -0.39 is 0 Å². The minimum absolute atomic E-state index is 0.172. The van der Waals surface area contributed by atoms with Crippen molar-refractivity contribution in [3.63, 3.8) is 0 Å². The van der Waals surface area contributed by atoms with Crippen molar-refractivity contribution in [2.45, 2.75) is 6.92 Å². The highest BCUT2D eigenvalue weighted by Gasteiger charge is 2.10. The number of amides is 2. The molecule has 0 radical (unpaired) electrons. The Morgan fingerprint density at radius 1 is 1.12 bits per heavy atom. The van der Waals surface area contributed by atoms with Crippen LogP contribution in [-0.4, -0.2) is 32.6 Å². The van der Waals surface area contributed by atoms with Crippen molar-refractivity contribution >= 4 is 17.5 Å². The Kier molecular flexibility index (Phi) is 5.78. The van der Waals surface area contributed by atoms with Gasteiger partial charge >= 0.3 is 0 Å². The van der Waals surface area contributed by atoms with Gasteiger partial charge < -0.3 is 20.1 Å². The third-order valence-corrected chi connectivity index (χ3v) is 3.32. The van der Waals surface area contributed by atoms with Crippen molar-refractivity contribution in [3.05, 3.63) is 53.6 Å². The van der Waals surface area contributed by atoms with Gasteiger partial charge in [0, 0.05) is 12.6 Å². The quantitative estimate of drug-likeness (QED) is 0.853. The molecule has 0 fully saturated rings. The summed E-state index contributed by atoms with van der Waals surface area (Å²) in [4.78, 5) is 23.7. The van der Waals surface area contributed by atoms with Gasteiger partial charge in [0.2, 0.25) is 0 Å². The van der Waals surface area contributed by atoms with Crippen LogP contribution >= 0.6 is 0 Å². The van der Waals surface area contributed by atoms with Crippen molar-refractivity contribution in [2.75, 3.05) is 26.1 Å². The molecule has 24 heavy (non-hydrogen) atoms. The molecule has 6 heteroatoms. The number of ether oxygens (including phenoxy) is 2. The topological polar surface area (TPSA) is 76.7 Å². The second-order valence-electron chi connectivity index (χ2n) is 5.15. The van der Waals surface area contributed by atoms with Crippen LogP contribution in [0.25, 0.3) is 0 Å². The second kappa shape index (κ2) is 8.01. The first-order valence-electron chi connectivity index (χ1n) is 7.43. The number of hydrogen-bond acceptors (Lipinski definition) is 4. The number of rotatable bonds is 6. The molecule has 6 nitrogen and oxygen atoms in total. The minimum atomic E-state index is -0.316. The molecule has 0 atom stereocenters. The number of hydrogen-bond donors (Lipinski definition) is 2. The van der Waals surface area contributed by atoms with Crippen molar-refractivity contribution < 1.29 is 19.1 Å². The van der Waals surface area contributed by atoms with Gasteiger partial charge in [-0.15, -0.1) is 0 Å². The van der Waals surface area contributed by atoms with E-state index in [1.807, 2.05) is 19.1 Å². The maximum atomic E-state index is 12.1. The largest absolute Gasteiger partial charge is 0.495 e. The first kappa shape index (κ1) is 17.3. The van der Waals surface area contributed by atoms with Crippen LogP contribution in [0.5, 0.6) is 11.5 Å². The zero-order valence-electron chi connectivity index (χ0n) is 13.9. The Morgan fingerprint density at radius 2 is 1.92 bits per heavy atom. The fraction of sp³-hybridized carbons (Fsp3) is 0.222. The molecular weight excluding hydrogens is 308 g/mol. The lowest BCUT2D eigenvalue weighted by molar-refractivity contribution is -0.118. The number of nitrogens with one attached hydrogen (secondary N) is 2. The predicted octanol–water partition coefficient (Wildman–Crippen LogP) is 2.38. The van der Waals surface area contributed by atoms with Crippen molar-refractivity contribution in [1.29, 1.82) is 0 Å². The third-order valence-electron chi connectivity index (χ3n) is 3.32. The normalized spacial score (nSPS) is 9.96. The highest BCUT2D eigenvalue weighted by molar-refractivity contribution is 5.95. The fourth-order valence-corrected chi connectivity index (χ4v) is 2.13. The molecule has 126 valence electrons. The SMILES string of the molecule is CNC(=O)c1cccc(OCC(=O)Nc2cc(C)ccc2OC)c1. The molecule has 2 aromatic rings. The van der Waals surface area contributed by atoms with Gasteiger partial charge in [-0.3, -0.25) is 9.59 Å². The van der Waals surface area contributed by atoms with Gasteiger partial charge in [-0.2, -0.15) is 0 Å². The van der Waals surface area contributed by atoms with E-state index in [0.717, 1.165) is 5.56 Å². The Balaban J connectivity index is 1.99. The zero-order chi connectivity index (χ0) is 17.5. The summed E-state index contributed by atoms with van der Waals surface area (Å²) in [6.45, 7) is 1.75. The van der Waals surface area contributed by atoms with E-state index in [1.54, 1.807) is 44.5 Å². The Hall–Kier alpha value is -3.02. The van der Waals surface area contributed by atoms with Crippen LogP contribution in [0, 0.1) is 6.92 Å². The lowest BCUT2D eigenvalue weighted by Crippen LogP contribution is -2.21. The van der Waals surface area contributed by atoms with E-state index in [2.05, 4.69) is 10.6 Å². The van der Waals surface area contributed by atoms with E-state index in [0.29, 0.717) is 22.7 Å². The summed E-state index contributed by atoms with van der Waals surface area (Å²) >= 11 is 0. The summed E-state index contributed by atoms with van der Waals surface area (Å²) in [5.41, 5.74) is 2.06. The maximum Gasteiger partial charge on any atom is 0.262 e. The van der Waals surface area contributed by atoms with Crippen molar-refractivity contribution in [1.82, 2.24) is 5.32 Å². The molecule has 0 saturated heterocycles. The molecule has 0 saturated carbocycles. The monoisotopic (exact) mass is 328 g/mol. The molecule has 0 aliphatic carbocycles. The Labute approximate surface area is 140 Å². The van der Waals surface area contributed by atoms with Gasteiger partial charge in [-0.1, -0.05) is 12.1 Å². The lowest BCUT2D eigenvalue weighted by Gasteiger charge is -2.12. The molecule has 0 aromatic heterocycles. The lowest BCUT2D eigenvalue weighted by atomic mass is 10.2. The number of anilines is 1. The first-order valence-corrected chi connectivity index (χ1v) is 7.43. The van der Waals surface area contributed by atoms with E-state index in [-0.39, 0.29) is 18.4 Å². The van der Waals surface area contributed by atoms with Crippen LogP contribution in [0.1, 0.15) is 15.9 Å². The van der Waals surface area contributed by atoms with E-state index >= 15 is 0 Å². The van der Waals surface area contributed by atoms with Gasteiger partial charge in [0.05, 0.1) is 12.8 Å². The number of benzene rings is 2. The van der Waals surface area contributed by atoms with Crippen molar-refractivity contribution in [2.24, 2.45) is 0 Å². The molecule has 2 amide bonds. The molecule has 0 bridgehead atoms. The first-order chi connectivity index (χ1) is 11.5. The smallest absolute Gasteiger partial charge is 0.262 e. The van der Waals surface area contributed by atoms with Crippen LogP contribution in [0.3, 0.4) is 0 Å². The van der Waals surface area contributed by atoms with Gasteiger partial charge in [-0.25, -0.2) is 0 Å². The molecule has 0 unspecified atom stereocenters. The van der Waals surface area contributed by atoms with Gasteiger partial charge in [0.1, 0.15) is 11.5 Å². The average molecular weight is 328 g/mol. The molecule has 2 N–H and O–H groups in total. The average Bonchev–Trinajstić information content (AvgIpc) is 2.59. The van der Waals surface area contributed by atoms with Gasteiger partial charge in [0.15, 0.2) is 6.61 Å². The van der Waals surface area contributed by atoms with E-state index in [9.17, 15) is 9.59 Å². The third kappa shape index (κ3) is 4.49. The molecule has 0 aliphatic heterocycles. The van der Waals surface area contributed by atoms with Crippen molar-refractivity contribution in [3.8, 4) is 11.5 Å². The number of methoxy groups -OCH3 is 1. The number of carbonyl (C=O) groups is 2. The predicted molar refractivity (Wildman–Crippen MR) is 91.7 cm³/mol. The molecule has 2 aromatic carbocycles. The molecule has 2 rings (SSSR count). The summed E-state index contributed by atoms with van der Waals surface area (Å²) < 4.78 is 10.7. The van der Waals surface area contributed by atoms with Gasteiger partial charge in [-0.05, 0) is 42.8 Å². The van der Waals surface area contributed by atoms with E-state index in [4.69, 9.17) is 9.47 Å². The molecule has 0 spiro atoms. The zero-order valence-corrected chi connectivity index (χ0v) is 13.9.